The van der Waals surface area contributed by atoms with Crippen LogP contribution in [0.25, 0.3) is 10.9 Å². The topological polar surface area (TPSA) is 36.0 Å². The van der Waals surface area contributed by atoms with E-state index in [0.29, 0.717) is 0 Å². The maximum atomic E-state index is 10.2. The molecule has 1 aromatic carbocycles. The van der Waals surface area contributed by atoms with Crippen LogP contribution in [0.3, 0.4) is 0 Å². The van der Waals surface area contributed by atoms with Crippen LogP contribution in [0.15, 0.2) is 35.4 Å². The standard InChI is InChI=1S/C14H19NOS/c1-3-14(16,4-2)10-17-13-9-11-7-5-6-8-12(11)15-13/h5-9,15-16H,3-4,10H2,1-2H3. The third kappa shape index (κ3) is 2.85. The molecule has 0 atom stereocenters. The molecular weight excluding hydrogens is 230 g/mol. The number of hydrogen-bond acceptors (Lipinski definition) is 2. The zero-order valence-corrected chi connectivity index (χ0v) is 11.2. The van der Waals surface area contributed by atoms with Crippen molar-refractivity contribution in [2.24, 2.45) is 0 Å². The van der Waals surface area contributed by atoms with Crippen molar-refractivity contribution in [1.29, 1.82) is 0 Å². The van der Waals surface area contributed by atoms with Gasteiger partial charge in [0.1, 0.15) is 0 Å². The van der Waals surface area contributed by atoms with Crippen LogP contribution in [0.5, 0.6) is 0 Å². The summed E-state index contributed by atoms with van der Waals surface area (Å²) in [5.41, 5.74) is 0.619. The summed E-state index contributed by atoms with van der Waals surface area (Å²) >= 11 is 1.70. The van der Waals surface area contributed by atoms with E-state index in [0.717, 1.165) is 29.1 Å². The van der Waals surface area contributed by atoms with Gasteiger partial charge in [-0.3, -0.25) is 0 Å². The summed E-state index contributed by atoms with van der Waals surface area (Å²) in [6, 6.07) is 10.4. The molecule has 0 saturated heterocycles. The molecule has 0 aliphatic rings. The molecule has 1 aromatic heterocycles. The zero-order valence-electron chi connectivity index (χ0n) is 10.4. The molecule has 0 amide bonds. The molecule has 2 aromatic rings. The fourth-order valence-electron chi connectivity index (χ4n) is 1.79. The van der Waals surface area contributed by atoms with Gasteiger partial charge in [-0.1, -0.05) is 32.0 Å². The van der Waals surface area contributed by atoms with Crippen molar-refractivity contribution >= 4 is 22.7 Å². The second-order valence-corrected chi connectivity index (χ2v) is 5.46. The van der Waals surface area contributed by atoms with Crippen LogP contribution in [0.2, 0.25) is 0 Å². The lowest BCUT2D eigenvalue weighted by Gasteiger charge is -2.24. The van der Waals surface area contributed by atoms with E-state index in [1.165, 1.54) is 5.39 Å². The number of hydrogen-bond donors (Lipinski definition) is 2. The number of fused-ring (bicyclic) bond motifs is 1. The minimum absolute atomic E-state index is 0.540. The Morgan fingerprint density at radius 1 is 1.24 bits per heavy atom. The van der Waals surface area contributed by atoms with Gasteiger partial charge in [0.2, 0.25) is 0 Å². The predicted molar refractivity (Wildman–Crippen MR) is 74.6 cm³/mol. The molecule has 0 aliphatic heterocycles. The van der Waals surface area contributed by atoms with Crippen molar-refractivity contribution in [2.75, 3.05) is 5.75 Å². The second kappa shape index (κ2) is 5.15. The van der Waals surface area contributed by atoms with Gasteiger partial charge >= 0.3 is 0 Å². The summed E-state index contributed by atoms with van der Waals surface area (Å²) in [7, 11) is 0. The van der Waals surface area contributed by atoms with Crippen LogP contribution in [0.4, 0.5) is 0 Å². The largest absolute Gasteiger partial charge is 0.389 e. The Labute approximate surface area is 106 Å². The first-order valence-electron chi connectivity index (χ1n) is 6.10. The lowest BCUT2D eigenvalue weighted by Crippen LogP contribution is -2.29. The van der Waals surface area contributed by atoms with E-state index in [4.69, 9.17) is 0 Å². The Morgan fingerprint density at radius 3 is 2.59 bits per heavy atom. The third-order valence-electron chi connectivity index (χ3n) is 3.32. The third-order valence-corrected chi connectivity index (χ3v) is 4.53. The number of aromatic amines is 1. The van der Waals surface area contributed by atoms with Gasteiger partial charge in [0.25, 0.3) is 0 Å². The van der Waals surface area contributed by atoms with Crippen molar-refractivity contribution in [3.05, 3.63) is 30.3 Å². The predicted octanol–water partition coefficient (Wildman–Crippen LogP) is 3.81. The van der Waals surface area contributed by atoms with Gasteiger partial charge in [-0.05, 0) is 25.0 Å². The highest BCUT2D eigenvalue weighted by Gasteiger charge is 2.22. The van der Waals surface area contributed by atoms with Crippen molar-refractivity contribution in [3.63, 3.8) is 0 Å². The van der Waals surface area contributed by atoms with E-state index in [1.54, 1.807) is 11.8 Å². The molecule has 17 heavy (non-hydrogen) atoms. The molecule has 0 bridgehead atoms. The maximum absolute atomic E-state index is 10.2. The summed E-state index contributed by atoms with van der Waals surface area (Å²) in [6.07, 6.45) is 1.60. The first-order chi connectivity index (χ1) is 8.17. The number of aliphatic hydroxyl groups is 1. The second-order valence-electron chi connectivity index (χ2n) is 4.44. The molecule has 0 radical (unpaired) electrons. The van der Waals surface area contributed by atoms with Gasteiger partial charge in [0.15, 0.2) is 0 Å². The van der Waals surface area contributed by atoms with Gasteiger partial charge < -0.3 is 10.1 Å². The Balaban J connectivity index is 2.09. The lowest BCUT2D eigenvalue weighted by atomic mass is 10.0. The molecule has 0 saturated carbocycles. The maximum Gasteiger partial charge on any atom is 0.0736 e. The van der Waals surface area contributed by atoms with Crippen LogP contribution < -0.4 is 0 Å². The first-order valence-corrected chi connectivity index (χ1v) is 7.08. The molecule has 2 N–H and O–H groups in total. The summed E-state index contributed by atoms with van der Waals surface area (Å²) < 4.78 is 0. The highest BCUT2D eigenvalue weighted by atomic mass is 32.2. The van der Waals surface area contributed by atoms with Crippen LogP contribution in [-0.4, -0.2) is 21.4 Å². The highest BCUT2D eigenvalue weighted by molar-refractivity contribution is 7.99. The van der Waals surface area contributed by atoms with Crippen LogP contribution in [0, 0.1) is 0 Å². The Morgan fingerprint density at radius 2 is 1.94 bits per heavy atom. The van der Waals surface area contributed by atoms with Gasteiger partial charge in [-0.2, -0.15) is 0 Å². The number of rotatable bonds is 5. The summed E-state index contributed by atoms with van der Waals surface area (Å²) in [4.78, 5) is 3.37. The Bertz CT molecular complexity index is 455. The van der Waals surface area contributed by atoms with E-state index >= 15 is 0 Å². The van der Waals surface area contributed by atoms with E-state index in [-0.39, 0.29) is 0 Å². The molecule has 2 rings (SSSR count). The van der Waals surface area contributed by atoms with E-state index in [2.05, 4.69) is 23.2 Å². The van der Waals surface area contributed by atoms with Crippen LogP contribution >= 0.6 is 11.8 Å². The summed E-state index contributed by atoms with van der Waals surface area (Å²) in [5.74, 6) is 0.743. The number of H-pyrrole nitrogens is 1. The average molecular weight is 249 g/mol. The van der Waals surface area contributed by atoms with E-state index in [1.807, 2.05) is 26.0 Å². The van der Waals surface area contributed by atoms with Gasteiger partial charge in [-0.15, -0.1) is 11.8 Å². The monoisotopic (exact) mass is 249 g/mol. The number of benzene rings is 1. The molecule has 0 spiro atoms. The Kier molecular flexibility index (Phi) is 3.79. The summed E-state index contributed by atoms with van der Waals surface area (Å²) in [6.45, 7) is 4.07. The molecule has 0 aliphatic carbocycles. The molecule has 0 unspecified atom stereocenters. The fourth-order valence-corrected chi connectivity index (χ4v) is 3.02. The first kappa shape index (κ1) is 12.5. The minimum Gasteiger partial charge on any atom is -0.389 e. The number of para-hydroxylation sites is 1. The van der Waals surface area contributed by atoms with Crippen LogP contribution in [-0.2, 0) is 0 Å². The quantitative estimate of drug-likeness (QED) is 0.790. The van der Waals surface area contributed by atoms with Gasteiger partial charge in [-0.25, -0.2) is 0 Å². The fraction of sp³-hybridized carbons (Fsp3) is 0.429. The van der Waals surface area contributed by atoms with E-state index in [9.17, 15) is 5.11 Å². The average Bonchev–Trinajstić information content (AvgIpc) is 2.79. The molecule has 0 fully saturated rings. The van der Waals surface area contributed by atoms with Gasteiger partial charge in [0, 0.05) is 16.7 Å². The summed E-state index contributed by atoms with van der Waals surface area (Å²) in [5, 5.41) is 12.6. The number of thioether (sulfide) groups is 1. The number of aromatic nitrogens is 1. The highest BCUT2D eigenvalue weighted by Crippen LogP contribution is 2.28. The van der Waals surface area contributed by atoms with Crippen LogP contribution in [0.1, 0.15) is 26.7 Å². The van der Waals surface area contributed by atoms with E-state index < -0.39 is 5.60 Å². The van der Waals surface area contributed by atoms with Crippen molar-refractivity contribution in [2.45, 2.75) is 37.3 Å². The zero-order chi connectivity index (χ0) is 12.3. The minimum atomic E-state index is -0.540. The molecule has 1 heterocycles. The number of nitrogens with one attached hydrogen (secondary N) is 1. The lowest BCUT2D eigenvalue weighted by molar-refractivity contribution is 0.0571. The molecular formula is C14H19NOS. The SMILES string of the molecule is CCC(O)(CC)CSc1cc2ccccc2[nH]1. The Hall–Kier alpha value is -0.930. The molecule has 2 nitrogen and oxygen atoms in total. The van der Waals surface area contributed by atoms with Crippen molar-refractivity contribution in [1.82, 2.24) is 4.98 Å². The normalized spacial score (nSPS) is 12.2. The van der Waals surface area contributed by atoms with Crippen molar-refractivity contribution < 1.29 is 5.11 Å². The molecule has 92 valence electrons. The van der Waals surface area contributed by atoms with Crippen molar-refractivity contribution in [3.8, 4) is 0 Å². The van der Waals surface area contributed by atoms with Gasteiger partial charge in [0.05, 0.1) is 10.6 Å². The smallest absolute Gasteiger partial charge is 0.0736 e. The molecule has 3 heteroatoms.